The zero-order chi connectivity index (χ0) is 14.8. The molecule has 0 aliphatic carbocycles. The van der Waals surface area contributed by atoms with Gasteiger partial charge in [0.2, 0.25) is 0 Å². The Labute approximate surface area is 126 Å². The van der Waals surface area contributed by atoms with Gasteiger partial charge in [0, 0.05) is 32.0 Å². The van der Waals surface area contributed by atoms with E-state index >= 15 is 0 Å². The molecule has 0 saturated heterocycles. The number of fused-ring (bicyclic) bond motifs is 1. The molecule has 0 amide bonds. The van der Waals surface area contributed by atoms with Crippen molar-refractivity contribution in [3.63, 3.8) is 0 Å². The van der Waals surface area contributed by atoms with Crippen molar-refractivity contribution in [1.29, 1.82) is 0 Å². The SMILES string of the molecule is CC(C)c1ccc(C(O)CN2CCn3ccnc3C2)cc1. The minimum atomic E-state index is -0.437. The maximum absolute atomic E-state index is 10.4. The van der Waals surface area contributed by atoms with Gasteiger partial charge in [0.1, 0.15) is 5.82 Å². The predicted molar refractivity (Wildman–Crippen MR) is 83.0 cm³/mol. The molecular weight excluding hydrogens is 262 g/mol. The lowest BCUT2D eigenvalue weighted by Crippen LogP contribution is -2.36. The summed E-state index contributed by atoms with van der Waals surface area (Å²) in [6.07, 6.45) is 3.43. The van der Waals surface area contributed by atoms with Crippen LogP contribution in [0, 0.1) is 0 Å². The van der Waals surface area contributed by atoms with Crippen molar-refractivity contribution in [3.05, 3.63) is 53.6 Å². The number of aromatic nitrogens is 2. The maximum Gasteiger partial charge on any atom is 0.122 e. The van der Waals surface area contributed by atoms with Crippen LogP contribution in [-0.4, -0.2) is 32.6 Å². The van der Waals surface area contributed by atoms with Gasteiger partial charge in [-0.15, -0.1) is 0 Å². The summed E-state index contributed by atoms with van der Waals surface area (Å²) < 4.78 is 2.18. The van der Waals surface area contributed by atoms with E-state index in [0.717, 1.165) is 31.0 Å². The summed E-state index contributed by atoms with van der Waals surface area (Å²) in [5, 5.41) is 10.4. The summed E-state index contributed by atoms with van der Waals surface area (Å²) in [5.74, 6) is 1.61. The van der Waals surface area contributed by atoms with Crippen LogP contribution in [0.5, 0.6) is 0 Å². The van der Waals surface area contributed by atoms with Gasteiger partial charge in [-0.05, 0) is 17.0 Å². The summed E-state index contributed by atoms with van der Waals surface area (Å²) in [5.41, 5.74) is 2.30. The minimum Gasteiger partial charge on any atom is -0.387 e. The minimum absolute atomic E-state index is 0.437. The molecule has 3 rings (SSSR count). The highest BCUT2D eigenvalue weighted by Gasteiger charge is 2.19. The molecule has 2 aromatic rings. The van der Waals surface area contributed by atoms with Crippen LogP contribution in [0.1, 0.15) is 42.8 Å². The molecule has 112 valence electrons. The lowest BCUT2D eigenvalue weighted by atomic mass is 10.00. The Bertz CT molecular complexity index is 588. The number of benzene rings is 1. The first-order chi connectivity index (χ1) is 10.1. The third-order valence-electron chi connectivity index (χ3n) is 4.24. The lowest BCUT2D eigenvalue weighted by Gasteiger charge is -2.29. The van der Waals surface area contributed by atoms with Gasteiger partial charge >= 0.3 is 0 Å². The van der Waals surface area contributed by atoms with Crippen molar-refractivity contribution < 1.29 is 5.11 Å². The highest BCUT2D eigenvalue weighted by atomic mass is 16.3. The number of nitrogens with zero attached hydrogens (tertiary/aromatic N) is 3. The molecule has 1 aromatic heterocycles. The van der Waals surface area contributed by atoms with E-state index in [-0.39, 0.29) is 0 Å². The van der Waals surface area contributed by atoms with Crippen molar-refractivity contribution in [2.45, 2.75) is 39.0 Å². The monoisotopic (exact) mass is 285 g/mol. The van der Waals surface area contributed by atoms with Crippen LogP contribution in [-0.2, 0) is 13.1 Å². The van der Waals surface area contributed by atoms with E-state index in [1.54, 1.807) is 0 Å². The third-order valence-corrected chi connectivity index (χ3v) is 4.24. The van der Waals surface area contributed by atoms with E-state index in [1.807, 2.05) is 24.5 Å². The fourth-order valence-corrected chi connectivity index (χ4v) is 2.83. The second kappa shape index (κ2) is 6.00. The smallest absolute Gasteiger partial charge is 0.122 e. The van der Waals surface area contributed by atoms with E-state index in [4.69, 9.17) is 0 Å². The van der Waals surface area contributed by atoms with E-state index in [9.17, 15) is 5.11 Å². The number of aliphatic hydroxyl groups is 1. The molecule has 0 fully saturated rings. The first kappa shape index (κ1) is 14.3. The van der Waals surface area contributed by atoms with Gasteiger partial charge in [-0.1, -0.05) is 38.1 Å². The van der Waals surface area contributed by atoms with Gasteiger partial charge in [0.05, 0.1) is 12.6 Å². The van der Waals surface area contributed by atoms with Crippen LogP contribution in [0.2, 0.25) is 0 Å². The van der Waals surface area contributed by atoms with Gasteiger partial charge in [-0.2, -0.15) is 0 Å². The van der Waals surface area contributed by atoms with Crippen molar-refractivity contribution in [3.8, 4) is 0 Å². The highest BCUT2D eigenvalue weighted by Crippen LogP contribution is 2.21. The van der Waals surface area contributed by atoms with Crippen LogP contribution in [0.4, 0.5) is 0 Å². The topological polar surface area (TPSA) is 41.3 Å². The average Bonchev–Trinajstić information content (AvgIpc) is 2.95. The predicted octanol–water partition coefficient (Wildman–Crippen LogP) is 2.56. The van der Waals surface area contributed by atoms with E-state index in [2.05, 4.69) is 40.4 Å². The van der Waals surface area contributed by atoms with Crippen LogP contribution in [0.3, 0.4) is 0 Å². The number of hydrogen-bond donors (Lipinski definition) is 1. The van der Waals surface area contributed by atoms with Crippen LogP contribution < -0.4 is 0 Å². The van der Waals surface area contributed by atoms with E-state index in [1.165, 1.54) is 5.56 Å². The van der Waals surface area contributed by atoms with Crippen molar-refractivity contribution >= 4 is 0 Å². The summed E-state index contributed by atoms with van der Waals surface area (Å²) in [6, 6.07) is 8.33. The van der Waals surface area contributed by atoms with Crippen molar-refractivity contribution in [2.75, 3.05) is 13.1 Å². The van der Waals surface area contributed by atoms with E-state index < -0.39 is 6.10 Å². The van der Waals surface area contributed by atoms with Gasteiger partial charge < -0.3 is 9.67 Å². The molecule has 1 aromatic carbocycles. The molecule has 2 heterocycles. The number of β-amino-alcohol motifs (C(OH)–C–C–N with tert-alkyl or cyclic N) is 1. The molecule has 0 bridgehead atoms. The molecule has 1 aliphatic rings. The standard InChI is InChI=1S/C17H23N3O/c1-13(2)14-3-5-15(6-4-14)16(21)11-19-9-10-20-8-7-18-17(20)12-19/h3-8,13,16,21H,9-12H2,1-2H3. The van der Waals surface area contributed by atoms with Gasteiger partial charge in [-0.25, -0.2) is 4.98 Å². The first-order valence-corrected chi connectivity index (χ1v) is 7.64. The van der Waals surface area contributed by atoms with E-state index in [0.29, 0.717) is 12.5 Å². The second-order valence-corrected chi connectivity index (χ2v) is 6.11. The van der Waals surface area contributed by atoms with Crippen molar-refractivity contribution in [2.24, 2.45) is 0 Å². The third kappa shape index (κ3) is 3.17. The zero-order valence-electron chi connectivity index (χ0n) is 12.7. The van der Waals surface area contributed by atoms with Gasteiger partial charge in [0.25, 0.3) is 0 Å². The fraction of sp³-hybridized carbons (Fsp3) is 0.471. The normalized spacial score (nSPS) is 17.0. The van der Waals surface area contributed by atoms with Gasteiger partial charge in [0.15, 0.2) is 0 Å². The maximum atomic E-state index is 10.4. The quantitative estimate of drug-likeness (QED) is 0.938. The molecular formula is C17H23N3O. The van der Waals surface area contributed by atoms with Crippen LogP contribution in [0.25, 0.3) is 0 Å². The zero-order valence-corrected chi connectivity index (χ0v) is 12.7. The summed E-state index contributed by atoms with van der Waals surface area (Å²) >= 11 is 0. The Balaban J connectivity index is 1.62. The Kier molecular flexibility index (Phi) is 4.08. The number of aliphatic hydroxyl groups excluding tert-OH is 1. The molecule has 4 nitrogen and oxygen atoms in total. The lowest BCUT2D eigenvalue weighted by molar-refractivity contribution is 0.0962. The van der Waals surface area contributed by atoms with Crippen LogP contribution in [0.15, 0.2) is 36.7 Å². The molecule has 4 heteroatoms. The number of rotatable bonds is 4. The molecule has 1 atom stereocenters. The largest absolute Gasteiger partial charge is 0.387 e. The highest BCUT2D eigenvalue weighted by molar-refractivity contribution is 5.26. The van der Waals surface area contributed by atoms with Crippen LogP contribution >= 0.6 is 0 Å². The Morgan fingerprint density at radius 2 is 1.86 bits per heavy atom. The molecule has 0 spiro atoms. The number of imidazole rings is 1. The molecule has 0 radical (unpaired) electrons. The van der Waals surface area contributed by atoms with Crippen molar-refractivity contribution in [1.82, 2.24) is 14.5 Å². The summed E-state index contributed by atoms with van der Waals surface area (Å²) in [4.78, 5) is 6.62. The molecule has 1 unspecified atom stereocenters. The fourth-order valence-electron chi connectivity index (χ4n) is 2.83. The number of hydrogen-bond acceptors (Lipinski definition) is 3. The van der Waals surface area contributed by atoms with Gasteiger partial charge in [-0.3, -0.25) is 4.90 Å². The first-order valence-electron chi connectivity index (χ1n) is 7.64. The second-order valence-electron chi connectivity index (χ2n) is 6.11. The molecule has 1 aliphatic heterocycles. The molecule has 1 N–H and O–H groups in total. The Morgan fingerprint density at radius 3 is 2.57 bits per heavy atom. The molecule has 21 heavy (non-hydrogen) atoms. The summed E-state index contributed by atoms with van der Waals surface area (Å²) in [7, 11) is 0. The average molecular weight is 285 g/mol. The Hall–Kier alpha value is -1.65. The summed E-state index contributed by atoms with van der Waals surface area (Å²) in [6.45, 7) is 7.75. The Morgan fingerprint density at radius 1 is 1.14 bits per heavy atom. The molecule has 0 saturated carbocycles.